The minimum Gasteiger partial charge on any atom is -0.480 e. The van der Waals surface area contributed by atoms with Crippen LogP contribution in [0.4, 0.5) is 4.39 Å². The molecular weight excluding hydrogens is 305 g/mol. The standard InChI is InChI=1S/C12H13BrFNO3/c13-8-1-2-9(10(14)7-8)11(12(16)17)15-3-5-18-6-4-15/h1-2,7,11H,3-6H2,(H,16,17). The maximum absolute atomic E-state index is 13.9. The molecule has 1 fully saturated rings. The summed E-state index contributed by atoms with van der Waals surface area (Å²) in [7, 11) is 0. The van der Waals surface area contributed by atoms with Crippen molar-refractivity contribution in [2.24, 2.45) is 0 Å². The van der Waals surface area contributed by atoms with Crippen LogP contribution in [0.1, 0.15) is 11.6 Å². The minimum absolute atomic E-state index is 0.188. The summed E-state index contributed by atoms with van der Waals surface area (Å²) in [6, 6.07) is 3.48. The monoisotopic (exact) mass is 317 g/mol. The van der Waals surface area contributed by atoms with Crippen molar-refractivity contribution in [2.75, 3.05) is 26.3 Å². The lowest BCUT2D eigenvalue weighted by Crippen LogP contribution is -2.42. The molecule has 18 heavy (non-hydrogen) atoms. The van der Waals surface area contributed by atoms with Crippen LogP contribution in [0.25, 0.3) is 0 Å². The zero-order valence-electron chi connectivity index (χ0n) is 9.60. The average Bonchev–Trinajstić information content (AvgIpc) is 2.33. The maximum atomic E-state index is 13.9. The summed E-state index contributed by atoms with van der Waals surface area (Å²) in [4.78, 5) is 13.1. The lowest BCUT2D eigenvalue weighted by atomic mass is 10.0. The molecule has 1 atom stereocenters. The number of morpholine rings is 1. The van der Waals surface area contributed by atoms with Gasteiger partial charge >= 0.3 is 5.97 Å². The van der Waals surface area contributed by atoms with Crippen molar-refractivity contribution >= 4 is 21.9 Å². The van der Waals surface area contributed by atoms with E-state index >= 15 is 0 Å². The highest BCUT2D eigenvalue weighted by Gasteiger charge is 2.30. The Labute approximate surface area is 112 Å². The zero-order chi connectivity index (χ0) is 13.1. The van der Waals surface area contributed by atoms with Gasteiger partial charge in [-0.15, -0.1) is 0 Å². The van der Waals surface area contributed by atoms with Crippen molar-refractivity contribution in [3.05, 3.63) is 34.1 Å². The topological polar surface area (TPSA) is 49.8 Å². The molecule has 1 aliphatic heterocycles. The van der Waals surface area contributed by atoms with Gasteiger partial charge in [0, 0.05) is 23.1 Å². The van der Waals surface area contributed by atoms with Gasteiger partial charge in [-0.3, -0.25) is 9.69 Å². The second-order valence-corrected chi connectivity index (χ2v) is 4.97. The van der Waals surface area contributed by atoms with E-state index in [9.17, 15) is 14.3 Å². The predicted molar refractivity (Wildman–Crippen MR) is 66.9 cm³/mol. The number of aliphatic carboxylic acids is 1. The molecule has 6 heteroatoms. The summed E-state index contributed by atoms with van der Waals surface area (Å²) >= 11 is 3.16. The maximum Gasteiger partial charge on any atom is 0.325 e. The van der Waals surface area contributed by atoms with Gasteiger partial charge in [0.25, 0.3) is 0 Å². The van der Waals surface area contributed by atoms with Gasteiger partial charge in [0.2, 0.25) is 0 Å². The summed E-state index contributed by atoms with van der Waals surface area (Å²) < 4.78 is 19.6. The van der Waals surface area contributed by atoms with Gasteiger partial charge in [-0.2, -0.15) is 0 Å². The molecule has 0 saturated carbocycles. The number of hydrogen-bond donors (Lipinski definition) is 1. The molecule has 0 aromatic heterocycles. The summed E-state index contributed by atoms with van der Waals surface area (Å²) in [5.74, 6) is -1.55. The number of carbonyl (C=O) groups is 1. The van der Waals surface area contributed by atoms with Crippen molar-refractivity contribution < 1.29 is 19.0 Å². The number of ether oxygens (including phenoxy) is 1. The van der Waals surface area contributed by atoms with Crippen LogP contribution < -0.4 is 0 Å². The largest absolute Gasteiger partial charge is 0.480 e. The summed E-state index contributed by atoms with van der Waals surface area (Å²) in [6.07, 6.45) is 0. The number of nitrogens with zero attached hydrogens (tertiary/aromatic N) is 1. The first-order chi connectivity index (χ1) is 8.59. The van der Waals surface area contributed by atoms with E-state index in [1.54, 1.807) is 11.0 Å². The molecule has 1 N–H and O–H groups in total. The quantitative estimate of drug-likeness (QED) is 0.927. The van der Waals surface area contributed by atoms with Gasteiger partial charge in [-0.25, -0.2) is 4.39 Å². The second-order valence-electron chi connectivity index (χ2n) is 4.05. The number of benzene rings is 1. The van der Waals surface area contributed by atoms with Crippen LogP contribution in [-0.4, -0.2) is 42.3 Å². The Hall–Kier alpha value is -0.980. The summed E-state index contributed by atoms with van der Waals surface area (Å²) in [5, 5.41) is 9.31. The highest BCUT2D eigenvalue weighted by molar-refractivity contribution is 9.10. The molecular formula is C12H13BrFNO3. The molecule has 0 aliphatic carbocycles. The van der Waals surface area contributed by atoms with Crippen molar-refractivity contribution in [1.29, 1.82) is 0 Å². The van der Waals surface area contributed by atoms with Gasteiger partial charge in [0.15, 0.2) is 0 Å². The third-order valence-electron chi connectivity index (χ3n) is 2.90. The molecule has 1 heterocycles. The Morgan fingerprint density at radius 3 is 2.67 bits per heavy atom. The molecule has 1 aliphatic rings. The Bertz CT molecular complexity index is 449. The molecule has 1 aromatic rings. The summed E-state index contributed by atoms with van der Waals surface area (Å²) in [6.45, 7) is 1.93. The van der Waals surface area contributed by atoms with Crippen LogP contribution in [0, 0.1) is 5.82 Å². The Morgan fingerprint density at radius 2 is 2.11 bits per heavy atom. The van der Waals surface area contributed by atoms with Crippen molar-refractivity contribution in [1.82, 2.24) is 4.90 Å². The van der Waals surface area contributed by atoms with Gasteiger partial charge in [-0.1, -0.05) is 22.0 Å². The van der Waals surface area contributed by atoms with Crippen LogP contribution in [0.15, 0.2) is 22.7 Å². The molecule has 0 bridgehead atoms. The first-order valence-corrected chi connectivity index (χ1v) is 6.38. The van der Waals surface area contributed by atoms with Crippen molar-refractivity contribution in [3.63, 3.8) is 0 Å². The van der Waals surface area contributed by atoms with Crippen LogP contribution in [0.2, 0.25) is 0 Å². The lowest BCUT2D eigenvalue weighted by Gasteiger charge is -2.32. The predicted octanol–water partition coefficient (Wildman–Crippen LogP) is 2.05. The number of hydrogen-bond acceptors (Lipinski definition) is 3. The van der Waals surface area contributed by atoms with E-state index in [-0.39, 0.29) is 5.56 Å². The highest BCUT2D eigenvalue weighted by Crippen LogP contribution is 2.26. The number of rotatable bonds is 3. The molecule has 4 nitrogen and oxygen atoms in total. The number of carboxylic acids is 1. The van der Waals surface area contributed by atoms with Gasteiger partial charge in [0.1, 0.15) is 11.9 Å². The molecule has 1 aromatic carbocycles. The lowest BCUT2D eigenvalue weighted by molar-refractivity contribution is -0.145. The highest BCUT2D eigenvalue weighted by atomic mass is 79.9. The Balaban J connectivity index is 2.31. The fraction of sp³-hybridized carbons (Fsp3) is 0.417. The van der Waals surface area contributed by atoms with Crippen LogP contribution in [0.5, 0.6) is 0 Å². The Kier molecular flexibility index (Phi) is 4.31. The van der Waals surface area contributed by atoms with Crippen molar-refractivity contribution in [2.45, 2.75) is 6.04 Å². The van der Waals surface area contributed by atoms with Crippen LogP contribution >= 0.6 is 15.9 Å². The fourth-order valence-electron chi connectivity index (χ4n) is 2.04. The number of halogens is 2. The zero-order valence-corrected chi connectivity index (χ0v) is 11.2. The van der Waals surface area contributed by atoms with E-state index in [1.807, 2.05) is 0 Å². The molecule has 2 rings (SSSR count). The van der Waals surface area contributed by atoms with E-state index in [0.717, 1.165) is 0 Å². The van der Waals surface area contributed by atoms with E-state index in [4.69, 9.17) is 4.74 Å². The van der Waals surface area contributed by atoms with Crippen LogP contribution in [-0.2, 0) is 9.53 Å². The fourth-order valence-corrected chi connectivity index (χ4v) is 2.38. The smallest absolute Gasteiger partial charge is 0.325 e. The normalized spacial score (nSPS) is 18.6. The van der Waals surface area contributed by atoms with Crippen LogP contribution in [0.3, 0.4) is 0 Å². The third kappa shape index (κ3) is 2.88. The van der Waals surface area contributed by atoms with E-state index in [2.05, 4.69) is 15.9 Å². The third-order valence-corrected chi connectivity index (χ3v) is 3.40. The molecule has 0 amide bonds. The molecule has 98 valence electrons. The number of carboxylic acid groups (broad SMARTS) is 1. The SMILES string of the molecule is O=C(O)C(c1ccc(Br)cc1F)N1CCOCC1. The van der Waals surface area contributed by atoms with Gasteiger partial charge < -0.3 is 9.84 Å². The van der Waals surface area contributed by atoms with Gasteiger partial charge in [-0.05, 0) is 12.1 Å². The first kappa shape index (κ1) is 13.5. The molecule has 0 spiro atoms. The van der Waals surface area contributed by atoms with Gasteiger partial charge in [0.05, 0.1) is 13.2 Å². The molecule has 1 unspecified atom stereocenters. The van der Waals surface area contributed by atoms with E-state index < -0.39 is 17.8 Å². The Morgan fingerprint density at radius 1 is 1.44 bits per heavy atom. The first-order valence-electron chi connectivity index (χ1n) is 5.59. The summed E-state index contributed by atoms with van der Waals surface area (Å²) in [5.41, 5.74) is 0.188. The minimum atomic E-state index is -1.04. The average molecular weight is 318 g/mol. The van der Waals surface area contributed by atoms with E-state index in [1.165, 1.54) is 12.1 Å². The van der Waals surface area contributed by atoms with E-state index in [0.29, 0.717) is 30.8 Å². The second kappa shape index (κ2) is 5.77. The molecule has 0 radical (unpaired) electrons. The molecule has 1 saturated heterocycles. The van der Waals surface area contributed by atoms with Crippen molar-refractivity contribution in [3.8, 4) is 0 Å².